The van der Waals surface area contributed by atoms with Gasteiger partial charge < -0.3 is 0 Å². The summed E-state index contributed by atoms with van der Waals surface area (Å²) in [6, 6.07) is 4.12. The van der Waals surface area contributed by atoms with Crippen LogP contribution in [0.4, 0.5) is 0 Å². The minimum atomic E-state index is 0.698. The first-order valence-corrected chi connectivity index (χ1v) is 10.6. The fourth-order valence-corrected chi connectivity index (χ4v) is 6.12. The van der Waals surface area contributed by atoms with Crippen LogP contribution in [0.3, 0.4) is 0 Å². The third kappa shape index (κ3) is 2.37. The van der Waals surface area contributed by atoms with Crippen LogP contribution in [0.1, 0.15) is 11.3 Å². The average molecular weight is 495 g/mol. The number of hydrogen-bond donors (Lipinski definition) is 0. The second-order valence-corrected chi connectivity index (χ2v) is 9.94. The van der Waals surface area contributed by atoms with E-state index in [2.05, 4.69) is 59.9 Å². The number of thiophene rings is 2. The van der Waals surface area contributed by atoms with Crippen LogP contribution in [-0.2, 0) is 0 Å². The van der Waals surface area contributed by atoms with E-state index < -0.39 is 0 Å². The van der Waals surface area contributed by atoms with Gasteiger partial charge in [-0.2, -0.15) is 0 Å². The lowest BCUT2D eigenvalue weighted by Crippen LogP contribution is -1.90. The number of aromatic nitrogens is 5. The van der Waals surface area contributed by atoms with Gasteiger partial charge in [-0.3, -0.25) is 0 Å². The van der Waals surface area contributed by atoms with Gasteiger partial charge in [0.15, 0.2) is 11.5 Å². The van der Waals surface area contributed by atoms with Crippen molar-refractivity contribution in [1.29, 1.82) is 0 Å². The molecule has 124 valence electrons. The minimum absolute atomic E-state index is 0.698. The maximum Gasteiger partial charge on any atom is 0.192 e. The highest BCUT2D eigenvalue weighted by Crippen LogP contribution is 2.39. The molecular formula is C16H9Br2N5S2. The van der Waals surface area contributed by atoms with E-state index in [1.807, 2.05) is 13.0 Å². The molecule has 0 aliphatic carbocycles. The lowest BCUT2D eigenvalue weighted by molar-refractivity contribution is 0.941. The predicted octanol–water partition coefficient (Wildman–Crippen LogP) is 5.76. The Morgan fingerprint density at radius 1 is 1.08 bits per heavy atom. The Hall–Kier alpha value is -1.42. The SMILES string of the molecule is Cc1cc(C)c2c(n1)sc1c2ncn2nc(-c3cc(Br)c(Br)s3)nc12. The summed E-state index contributed by atoms with van der Waals surface area (Å²) in [5, 5.41) is 5.71. The van der Waals surface area contributed by atoms with Crippen LogP contribution in [0.5, 0.6) is 0 Å². The van der Waals surface area contributed by atoms with Gasteiger partial charge in [-0.25, -0.2) is 19.5 Å². The van der Waals surface area contributed by atoms with Gasteiger partial charge in [0.2, 0.25) is 0 Å². The van der Waals surface area contributed by atoms with Gasteiger partial charge in [0, 0.05) is 15.6 Å². The fraction of sp³-hybridized carbons (Fsp3) is 0.125. The molecule has 0 fully saturated rings. The van der Waals surface area contributed by atoms with Gasteiger partial charge >= 0.3 is 0 Å². The first-order valence-electron chi connectivity index (χ1n) is 7.38. The Kier molecular flexibility index (Phi) is 3.50. The molecular weight excluding hydrogens is 486 g/mol. The van der Waals surface area contributed by atoms with Crippen molar-refractivity contribution in [3.63, 3.8) is 0 Å². The number of nitrogens with zero attached hydrogens (tertiary/aromatic N) is 5. The van der Waals surface area contributed by atoms with Crippen molar-refractivity contribution in [3.8, 4) is 10.7 Å². The van der Waals surface area contributed by atoms with Crippen molar-refractivity contribution in [1.82, 2.24) is 24.6 Å². The highest BCUT2D eigenvalue weighted by Gasteiger charge is 2.18. The largest absolute Gasteiger partial charge is 0.242 e. The highest BCUT2D eigenvalue weighted by atomic mass is 79.9. The summed E-state index contributed by atoms with van der Waals surface area (Å²) in [6.45, 7) is 4.12. The first-order chi connectivity index (χ1) is 12.0. The third-order valence-electron chi connectivity index (χ3n) is 3.96. The zero-order valence-corrected chi connectivity index (χ0v) is 17.8. The van der Waals surface area contributed by atoms with Crippen LogP contribution >= 0.6 is 54.5 Å². The van der Waals surface area contributed by atoms with Gasteiger partial charge in [0.25, 0.3) is 0 Å². The molecule has 0 N–H and O–H groups in total. The molecule has 5 nitrogen and oxygen atoms in total. The molecule has 9 heteroatoms. The Labute approximate surface area is 167 Å². The molecule has 25 heavy (non-hydrogen) atoms. The van der Waals surface area contributed by atoms with Crippen LogP contribution in [0.25, 0.3) is 36.8 Å². The van der Waals surface area contributed by atoms with Crippen LogP contribution in [0.15, 0.2) is 26.7 Å². The van der Waals surface area contributed by atoms with Crippen LogP contribution < -0.4 is 0 Å². The van der Waals surface area contributed by atoms with Crippen molar-refractivity contribution in [2.45, 2.75) is 13.8 Å². The number of aryl methyl sites for hydroxylation is 2. The van der Waals surface area contributed by atoms with E-state index in [1.165, 1.54) is 5.56 Å². The number of pyridine rings is 1. The van der Waals surface area contributed by atoms with E-state index in [0.29, 0.717) is 5.82 Å². The fourth-order valence-electron chi connectivity index (χ4n) is 2.93. The van der Waals surface area contributed by atoms with E-state index in [9.17, 15) is 0 Å². The molecule has 0 unspecified atom stereocenters. The van der Waals surface area contributed by atoms with Crippen LogP contribution in [0.2, 0.25) is 0 Å². The molecule has 5 aromatic heterocycles. The third-order valence-corrected chi connectivity index (χ3v) is 8.28. The smallest absolute Gasteiger partial charge is 0.192 e. The van der Waals surface area contributed by atoms with Crippen molar-refractivity contribution in [2.75, 3.05) is 0 Å². The minimum Gasteiger partial charge on any atom is -0.242 e. The summed E-state index contributed by atoms with van der Waals surface area (Å²) in [5.41, 5.74) is 3.98. The van der Waals surface area contributed by atoms with E-state index in [0.717, 1.165) is 44.9 Å². The summed E-state index contributed by atoms with van der Waals surface area (Å²) in [7, 11) is 0. The predicted molar refractivity (Wildman–Crippen MR) is 110 cm³/mol. The number of rotatable bonds is 1. The van der Waals surface area contributed by atoms with Crippen LogP contribution in [0, 0.1) is 13.8 Å². The lowest BCUT2D eigenvalue weighted by Gasteiger charge is -1.98. The van der Waals surface area contributed by atoms with E-state index in [1.54, 1.807) is 33.5 Å². The van der Waals surface area contributed by atoms with Gasteiger partial charge in [-0.1, -0.05) is 0 Å². The Balaban J connectivity index is 1.84. The van der Waals surface area contributed by atoms with Gasteiger partial charge in [-0.05, 0) is 63.4 Å². The maximum absolute atomic E-state index is 4.78. The standard InChI is InChI=1S/C16H9Br2N5S2/c1-6-3-7(2)20-16-10(6)11-12(25-16)15-21-14(22-23(15)5-19-11)9-4-8(17)13(18)24-9/h3-5H,1-2H3. The summed E-state index contributed by atoms with van der Waals surface area (Å²) >= 11 is 10.3. The second-order valence-electron chi connectivity index (χ2n) is 5.72. The Morgan fingerprint density at radius 2 is 1.92 bits per heavy atom. The molecule has 0 aliphatic rings. The van der Waals surface area contributed by atoms with Gasteiger partial charge in [-0.15, -0.1) is 27.8 Å². The topological polar surface area (TPSA) is 56.0 Å². The Bertz CT molecular complexity index is 1280. The number of hydrogen-bond acceptors (Lipinski definition) is 6. The normalized spacial score (nSPS) is 12.0. The average Bonchev–Trinajstić information content (AvgIpc) is 3.21. The monoisotopic (exact) mass is 493 g/mol. The van der Waals surface area contributed by atoms with Crippen molar-refractivity contribution in [3.05, 3.63) is 38.0 Å². The van der Waals surface area contributed by atoms with E-state index in [-0.39, 0.29) is 0 Å². The molecule has 0 aromatic carbocycles. The molecule has 0 amide bonds. The molecule has 5 heterocycles. The molecule has 0 atom stereocenters. The molecule has 0 aliphatic heterocycles. The molecule has 0 saturated carbocycles. The quantitative estimate of drug-likeness (QED) is 0.297. The molecule has 0 spiro atoms. The summed E-state index contributed by atoms with van der Waals surface area (Å²) in [6.07, 6.45) is 1.73. The summed E-state index contributed by atoms with van der Waals surface area (Å²) in [4.78, 5) is 16.1. The zero-order valence-electron chi connectivity index (χ0n) is 13.0. The van der Waals surface area contributed by atoms with Crippen LogP contribution in [-0.4, -0.2) is 24.6 Å². The van der Waals surface area contributed by atoms with E-state index >= 15 is 0 Å². The van der Waals surface area contributed by atoms with Gasteiger partial charge in [0.1, 0.15) is 15.9 Å². The maximum atomic E-state index is 4.78. The molecule has 0 saturated heterocycles. The highest BCUT2D eigenvalue weighted by molar-refractivity contribution is 9.13. The lowest BCUT2D eigenvalue weighted by atomic mass is 10.1. The molecule has 0 bridgehead atoms. The second kappa shape index (κ2) is 5.54. The van der Waals surface area contributed by atoms with Crippen molar-refractivity contribution in [2.24, 2.45) is 0 Å². The number of fused-ring (bicyclic) bond motifs is 5. The molecule has 5 rings (SSSR count). The zero-order chi connectivity index (χ0) is 17.3. The first kappa shape index (κ1) is 15.8. The molecule has 5 aromatic rings. The Morgan fingerprint density at radius 3 is 2.68 bits per heavy atom. The van der Waals surface area contributed by atoms with Crippen molar-refractivity contribution >= 4 is 80.6 Å². The van der Waals surface area contributed by atoms with E-state index in [4.69, 9.17) is 4.98 Å². The molecule has 0 radical (unpaired) electrons. The summed E-state index contributed by atoms with van der Waals surface area (Å²) < 4.78 is 4.80. The van der Waals surface area contributed by atoms with Crippen molar-refractivity contribution < 1.29 is 0 Å². The summed E-state index contributed by atoms with van der Waals surface area (Å²) in [5.74, 6) is 0.698. The number of halogens is 2. The van der Waals surface area contributed by atoms with Gasteiger partial charge in [0.05, 0.1) is 14.2 Å².